The first-order valence-corrected chi connectivity index (χ1v) is 9.76. The van der Waals surface area contributed by atoms with Crippen molar-refractivity contribution in [3.8, 4) is 5.75 Å². The first-order valence-electron chi connectivity index (χ1n) is 9.76. The number of aromatic nitrogens is 3. The minimum atomic E-state index is 0.688. The molecule has 4 rings (SSSR count). The number of piperidine rings is 1. The van der Waals surface area contributed by atoms with E-state index in [0.717, 1.165) is 23.9 Å². The maximum atomic E-state index is 5.54. The van der Waals surface area contributed by atoms with Gasteiger partial charge in [0.2, 0.25) is 0 Å². The van der Waals surface area contributed by atoms with Crippen LogP contribution in [-0.2, 0) is 13.1 Å². The van der Waals surface area contributed by atoms with E-state index in [0.29, 0.717) is 6.54 Å². The third-order valence-electron chi connectivity index (χ3n) is 5.69. The molecule has 1 atom stereocenters. The van der Waals surface area contributed by atoms with Crippen LogP contribution in [0.25, 0.3) is 0 Å². The molecule has 2 aliphatic heterocycles. The lowest BCUT2D eigenvalue weighted by Crippen LogP contribution is -2.46. The summed E-state index contributed by atoms with van der Waals surface area (Å²) in [6, 6.07) is 7.30. The van der Waals surface area contributed by atoms with Crippen molar-refractivity contribution in [3.05, 3.63) is 42.0 Å². The van der Waals surface area contributed by atoms with Crippen LogP contribution in [0.5, 0.6) is 5.75 Å². The molecule has 1 aromatic carbocycles. The molecule has 140 valence electrons. The molecular weight excluding hydrogens is 326 g/mol. The minimum absolute atomic E-state index is 0.688. The summed E-state index contributed by atoms with van der Waals surface area (Å²) < 4.78 is 7.38. The molecule has 2 fully saturated rings. The number of hydrogen-bond donors (Lipinski definition) is 0. The lowest BCUT2D eigenvalue weighted by Gasteiger charge is -2.37. The summed E-state index contributed by atoms with van der Waals surface area (Å²) in [6.45, 7) is 6.69. The van der Waals surface area contributed by atoms with Crippen molar-refractivity contribution in [3.63, 3.8) is 0 Å². The highest BCUT2D eigenvalue weighted by Gasteiger charge is 2.27. The normalized spacial score (nSPS) is 22.0. The average Bonchev–Trinajstić information content (AvgIpc) is 3.36. The van der Waals surface area contributed by atoms with Crippen LogP contribution in [0.15, 0.2) is 30.9 Å². The van der Waals surface area contributed by atoms with E-state index >= 15 is 0 Å². The average molecular weight is 355 g/mol. The van der Waals surface area contributed by atoms with Gasteiger partial charge in [0.05, 0.1) is 13.7 Å². The van der Waals surface area contributed by atoms with Gasteiger partial charge in [0.25, 0.3) is 0 Å². The molecule has 0 N–H and O–H groups in total. The fourth-order valence-corrected chi connectivity index (χ4v) is 4.38. The van der Waals surface area contributed by atoms with Gasteiger partial charge >= 0.3 is 0 Å². The van der Waals surface area contributed by atoms with Crippen LogP contribution in [0.1, 0.15) is 36.8 Å². The number of nitrogens with zero attached hydrogens (tertiary/aromatic N) is 5. The predicted octanol–water partition coefficient (Wildman–Crippen LogP) is 2.40. The highest BCUT2D eigenvalue weighted by atomic mass is 16.5. The highest BCUT2D eigenvalue weighted by Crippen LogP contribution is 2.24. The monoisotopic (exact) mass is 355 g/mol. The smallest absolute Gasteiger partial charge is 0.137 e. The van der Waals surface area contributed by atoms with Crippen molar-refractivity contribution in [2.45, 2.75) is 44.8 Å². The predicted molar refractivity (Wildman–Crippen MR) is 101 cm³/mol. The second-order valence-corrected chi connectivity index (χ2v) is 7.51. The third-order valence-corrected chi connectivity index (χ3v) is 5.69. The first-order chi connectivity index (χ1) is 12.8. The van der Waals surface area contributed by atoms with Gasteiger partial charge in [-0.05, 0) is 63.0 Å². The fourth-order valence-electron chi connectivity index (χ4n) is 4.38. The van der Waals surface area contributed by atoms with Crippen molar-refractivity contribution in [2.24, 2.45) is 0 Å². The largest absolute Gasteiger partial charge is 0.496 e. The minimum Gasteiger partial charge on any atom is -0.496 e. The van der Waals surface area contributed by atoms with E-state index in [1.165, 1.54) is 57.4 Å². The van der Waals surface area contributed by atoms with E-state index in [9.17, 15) is 0 Å². The summed E-state index contributed by atoms with van der Waals surface area (Å²) in [5.41, 5.74) is 2.51. The van der Waals surface area contributed by atoms with E-state index < -0.39 is 0 Å². The van der Waals surface area contributed by atoms with Crippen LogP contribution in [0.4, 0.5) is 0 Å². The number of likely N-dealkylation sites (tertiary alicyclic amines) is 2. The maximum Gasteiger partial charge on any atom is 0.137 e. The molecule has 26 heavy (non-hydrogen) atoms. The Hall–Kier alpha value is -1.92. The van der Waals surface area contributed by atoms with E-state index in [2.05, 4.69) is 38.1 Å². The molecule has 6 heteroatoms. The molecule has 2 aliphatic rings. The van der Waals surface area contributed by atoms with Gasteiger partial charge in [0.1, 0.15) is 18.4 Å². The lowest BCUT2D eigenvalue weighted by molar-refractivity contribution is 0.110. The molecule has 0 aliphatic carbocycles. The maximum absolute atomic E-state index is 5.54. The quantitative estimate of drug-likeness (QED) is 0.796. The molecule has 2 saturated heterocycles. The SMILES string of the molecule is COc1ccc(CN2CCCC(N3CCCC3)C2)cc1Cn1cncn1. The topological polar surface area (TPSA) is 46.4 Å². The number of rotatable bonds is 6. The van der Waals surface area contributed by atoms with Crippen LogP contribution in [0, 0.1) is 0 Å². The summed E-state index contributed by atoms with van der Waals surface area (Å²) in [5.74, 6) is 0.915. The van der Waals surface area contributed by atoms with Gasteiger partial charge < -0.3 is 4.74 Å². The number of methoxy groups -OCH3 is 1. The zero-order valence-corrected chi connectivity index (χ0v) is 15.7. The molecule has 0 spiro atoms. The van der Waals surface area contributed by atoms with Crippen LogP contribution in [0.3, 0.4) is 0 Å². The van der Waals surface area contributed by atoms with Crippen molar-refractivity contribution >= 4 is 0 Å². The third kappa shape index (κ3) is 4.07. The summed E-state index contributed by atoms with van der Waals surface area (Å²) in [4.78, 5) is 9.36. The molecule has 0 radical (unpaired) electrons. The molecule has 6 nitrogen and oxygen atoms in total. The highest BCUT2D eigenvalue weighted by molar-refractivity contribution is 5.37. The summed E-state index contributed by atoms with van der Waals surface area (Å²) >= 11 is 0. The fraction of sp³-hybridized carbons (Fsp3) is 0.600. The Balaban J connectivity index is 1.43. The van der Waals surface area contributed by atoms with Crippen LogP contribution in [0.2, 0.25) is 0 Å². The Labute approximate surface area is 155 Å². The zero-order valence-electron chi connectivity index (χ0n) is 15.7. The molecule has 3 heterocycles. The number of benzene rings is 1. The second-order valence-electron chi connectivity index (χ2n) is 7.51. The molecule has 0 saturated carbocycles. The van der Waals surface area contributed by atoms with E-state index in [4.69, 9.17) is 4.74 Å². The van der Waals surface area contributed by atoms with Gasteiger partial charge in [0, 0.05) is 24.7 Å². The van der Waals surface area contributed by atoms with Gasteiger partial charge in [-0.25, -0.2) is 9.67 Å². The van der Waals surface area contributed by atoms with E-state index in [-0.39, 0.29) is 0 Å². The molecule has 0 bridgehead atoms. The number of ether oxygens (including phenoxy) is 1. The van der Waals surface area contributed by atoms with Crippen molar-refractivity contribution in [1.82, 2.24) is 24.6 Å². The van der Waals surface area contributed by atoms with Crippen LogP contribution >= 0.6 is 0 Å². The van der Waals surface area contributed by atoms with Gasteiger partial charge in [-0.3, -0.25) is 9.80 Å². The van der Waals surface area contributed by atoms with Crippen LogP contribution < -0.4 is 4.74 Å². The summed E-state index contributed by atoms with van der Waals surface area (Å²) in [7, 11) is 1.73. The Bertz CT molecular complexity index is 696. The Morgan fingerprint density at radius 1 is 1.12 bits per heavy atom. The molecule has 0 amide bonds. The molecular formula is C20H29N5O. The standard InChI is InChI=1S/C20H29N5O/c1-26-20-7-6-17(11-18(20)13-25-16-21-15-22-25)12-23-8-4-5-19(14-23)24-9-2-3-10-24/h6-7,11,15-16,19H,2-5,8-10,12-14H2,1H3. The Kier molecular flexibility index (Phi) is 5.51. The van der Waals surface area contributed by atoms with Crippen LogP contribution in [-0.4, -0.2) is 63.9 Å². The summed E-state index contributed by atoms with van der Waals surface area (Å²) in [5, 5.41) is 4.22. The molecule has 1 aromatic heterocycles. The van der Waals surface area contributed by atoms with Crippen molar-refractivity contribution in [2.75, 3.05) is 33.3 Å². The summed E-state index contributed by atoms with van der Waals surface area (Å²) in [6.07, 6.45) is 8.74. The van der Waals surface area contributed by atoms with Gasteiger partial charge in [-0.1, -0.05) is 6.07 Å². The lowest BCUT2D eigenvalue weighted by atomic mass is 10.0. The van der Waals surface area contributed by atoms with Crippen molar-refractivity contribution in [1.29, 1.82) is 0 Å². The van der Waals surface area contributed by atoms with Gasteiger partial charge in [0.15, 0.2) is 0 Å². The van der Waals surface area contributed by atoms with Gasteiger partial charge in [-0.2, -0.15) is 5.10 Å². The number of hydrogen-bond acceptors (Lipinski definition) is 5. The Morgan fingerprint density at radius 3 is 2.77 bits per heavy atom. The Morgan fingerprint density at radius 2 is 2.00 bits per heavy atom. The first kappa shape index (κ1) is 17.5. The van der Waals surface area contributed by atoms with E-state index in [1.807, 2.05) is 4.68 Å². The van der Waals surface area contributed by atoms with E-state index in [1.54, 1.807) is 19.8 Å². The molecule has 2 aromatic rings. The molecule has 1 unspecified atom stereocenters. The second kappa shape index (κ2) is 8.18. The van der Waals surface area contributed by atoms with Crippen molar-refractivity contribution < 1.29 is 4.74 Å². The zero-order chi connectivity index (χ0) is 17.8. The van der Waals surface area contributed by atoms with Gasteiger partial charge in [-0.15, -0.1) is 0 Å².